The molecule has 0 radical (unpaired) electrons. The molecule has 160 valence electrons. The van der Waals surface area contributed by atoms with Crippen LogP contribution < -0.4 is 20.3 Å². The van der Waals surface area contributed by atoms with Crippen molar-refractivity contribution in [1.29, 1.82) is 0 Å². The van der Waals surface area contributed by atoms with Crippen molar-refractivity contribution in [2.45, 2.75) is 26.9 Å². The number of hydrogen-bond donors (Lipinski definition) is 2. The average molecular weight is 418 g/mol. The number of hydrazine groups is 1. The van der Waals surface area contributed by atoms with Crippen molar-refractivity contribution >= 4 is 11.8 Å². The topological polar surface area (TPSA) is 76.7 Å². The summed E-state index contributed by atoms with van der Waals surface area (Å²) >= 11 is 0. The molecule has 6 heteroatoms. The van der Waals surface area contributed by atoms with Gasteiger partial charge in [0.25, 0.3) is 11.8 Å². The number of carbonyl (C=O) groups is 2. The summed E-state index contributed by atoms with van der Waals surface area (Å²) < 4.78 is 11.1. The quantitative estimate of drug-likeness (QED) is 0.570. The van der Waals surface area contributed by atoms with Gasteiger partial charge in [0.2, 0.25) is 0 Å². The van der Waals surface area contributed by atoms with E-state index in [9.17, 15) is 9.59 Å². The van der Waals surface area contributed by atoms with Crippen LogP contribution in [-0.4, -0.2) is 24.5 Å². The molecule has 0 spiro atoms. The number of aryl methyl sites for hydroxylation is 2. The molecular weight excluding hydrogens is 392 g/mol. The Labute approximate surface area is 182 Å². The zero-order valence-corrected chi connectivity index (χ0v) is 17.8. The van der Waals surface area contributed by atoms with E-state index < -0.39 is 17.9 Å². The van der Waals surface area contributed by atoms with E-state index in [0.29, 0.717) is 11.5 Å². The molecule has 0 aromatic heterocycles. The maximum Gasteiger partial charge on any atom is 0.279 e. The van der Waals surface area contributed by atoms with Gasteiger partial charge < -0.3 is 9.47 Å². The van der Waals surface area contributed by atoms with E-state index in [1.807, 2.05) is 86.6 Å². The van der Waals surface area contributed by atoms with Gasteiger partial charge in [-0.15, -0.1) is 0 Å². The minimum Gasteiger partial charge on any atom is -0.484 e. The van der Waals surface area contributed by atoms with E-state index in [2.05, 4.69) is 10.9 Å². The molecule has 3 aromatic rings. The fourth-order valence-electron chi connectivity index (χ4n) is 3.05. The van der Waals surface area contributed by atoms with Gasteiger partial charge in [0.1, 0.15) is 11.5 Å². The largest absolute Gasteiger partial charge is 0.484 e. The van der Waals surface area contributed by atoms with Crippen LogP contribution in [-0.2, 0) is 9.59 Å². The molecule has 2 N–H and O–H groups in total. The summed E-state index contributed by atoms with van der Waals surface area (Å²) in [7, 11) is 0. The SMILES string of the molecule is Cc1cc(C)cc(OCC(=O)NNC(=O)C(C)Oc2ccc(-c3ccccc3)cc2)c1. The molecule has 0 aliphatic rings. The van der Waals surface area contributed by atoms with Gasteiger partial charge in [-0.05, 0) is 67.3 Å². The number of amides is 2. The second kappa shape index (κ2) is 10.3. The molecular formula is C25H26N2O4. The van der Waals surface area contributed by atoms with Crippen LogP contribution >= 0.6 is 0 Å². The van der Waals surface area contributed by atoms with E-state index in [0.717, 1.165) is 22.3 Å². The summed E-state index contributed by atoms with van der Waals surface area (Å²) in [5.41, 5.74) is 8.95. The molecule has 0 saturated heterocycles. The Morgan fingerprint density at radius 3 is 2.06 bits per heavy atom. The summed E-state index contributed by atoms with van der Waals surface area (Å²) in [4.78, 5) is 24.2. The van der Waals surface area contributed by atoms with Crippen molar-refractivity contribution in [1.82, 2.24) is 10.9 Å². The van der Waals surface area contributed by atoms with Crippen LogP contribution in [0, 0.1) is 13.8 Å². The van der Waals surface area contributed by atoms with Crippen LogP contribution in [0.2, 0.25) is 0 Å². The van der Waals surface area contributed by atoms with Crippen LogP contribution in [0.15, 0.2) is 72.8 Å². The Balaban J connectivity index is 1.44. The Morgan fingerprint density at radius 1 is 0.806 bits per heavy atom. The Bertz CT molecular complexity index is 1010. The van der Waals surface area contributed by atoms with E-state index >= 15 is 0 Å². The molecule has 0 fully saturated rings. The number of benzene rings is 3. The zero-order chi connectivity index (χ0) is 22.2. The monoisotopic (exact) mass is 418 g/mol. The fraction of sp³-hybridized carbons (Fsp3) is 0.200. The summed E-state index contributed by atoms with van der Waals surface area (Å²) in [5, 5.41) is 0. The molecule has 1 unspecified atom stereocenters. The van der Waals surface area contributed by atoms with Gasteiger partial charge in [0.15, 0.2) is 12.7 Å². The Kier molecular flexibility index (Phi) is 7.27. The third kappa shape index (κ3) is 6.60. The highest BCUT2D eigenvalue weighted by atomic mass is 16.5. The standard InChI is InChI=1S/C25H26N2O4/c1-17-13-18(2)15-23(14-17)30-16-24(28)26-27-25(29)19(3)31-22-11-9-21(10-12-22)20-7-5-4-6-8-20/h4-15,19H,16H2,1-3H3,(H,26,28)(H,27,29). The predicted molar refractivity (Wildman–Crippen MR) is 120 cm³/mol. The van der Waals surface area contributed by atoms with Crippen LogP contribution in [0.25, 0.3) is 11.1 Å². The maximum absolute atomic E-state index is 12.2. The Hall–Kier alpha value is -3.80. The lowest BCUT2D eigenvalue weighted by Gasteiger charge is -2.15. The van der Waals surface area contributed by atoms with Gasteiger partial charge in [-0.1, -0.05) is 48.5 Å². The van der Waals surface area contributed by atoms with E-state index in [4.69, 9.17) is 9.47 Å². The molecule has 0 heterocycles. The van der Waals surface area contributed by atoms with E-state index in [1.54, 1.807) is 6.92 Å². The van der Waals surface area contributed by atoms with E-state index in [-0.39, 0.29) is 6.61 Å². The summed E-state index contributed by atoms with van der Waals surface area (Å²) in [5.74, 6) is 0.236. The minimum atomic E-state index is -0.789. The molecule has 0 bridgehead atoms. The van der Waals surface area contributed by atoms with Gasteiger partial charge >= 0.3 is 0 Å². The van der Waals surface area contributed by atoms with Crippen molar-refractivity contribution in [3.8, 4) is 22.6 Å². The number of rotatable bonds is 7. The van der Waals surface area contributed by atoms with Gasteiger partial charge in [-0.2, -0.15) is 0 Å². The first-order valence-electron chi connectivity index (χ1n) is 10.0. The first kappa shape index (κ1) is 21.9. The van der Waals surface area contributed by atoms with Crippen molar-refractivity contribution in [2.75, 3.05) is 6.61 Å². The number of hydrogen-bond acceptors (Lipinski definition) is 4. The minimum absolute atomic E-state index is 0.209. The van der Waals surface area contributed by atoms with Crippen molar-refractivity contribution in [3.63, 3.8) is 0 Å². The fourth-order valence-corrected chi connectivity index (χ4v) is 3.05. The van der Waals surface area contributed by atoms with Crippen molar-refractivity contribution < 1.29 is 19.1 Å². The molecule has 3 rings (SSSR count). The predicted octanol–water partition coefficient (Wildman–Crippen LogP) is 3.96. The third-order valence-electron chi connectivity index (χ3n) is 4.53. The third-order valence-corrected chi connectivity index (χ3v) is 4.53. The molecule has 0 aliphatic heterocycles. The lowest BCUT2D eigenvalue weighted by molar-refractivity contribution is -0.133. The summed E-state index contributed by atoms with van der Waals surface area (Å²) in [6.45, 7) is 5.31. The van der Waals surface area contributed by atoms with Crippen LogP contribution in [0.3, 0.4) is 0 Å². The van der Waals surface area contributed by atoms with Crippen LogP contribution in [0.5, 0.6) is 11.5 Å². The molecule has 2 amide bonds. The van der Waals surface area contributed by atoms with Crippen LogP contribution in [0.1, 0.15) is 18.1 Å². The lowest BCUT2D eigenvalue weighted by atomic mass is 10.1. The average Bonchev–Trinajstić information content (AvgIpc) is 2.76. The van der Waals surface area contributed by atoms with Gasteiger partial charge in [-0.25, -0.2) is 0 Å². The van der Waals surface area contributed by atoms with Gasteiger partial charge in [0.05, 0.1) is 0 Å². The molecule has 31 heavy (non-hydrogen) atoms. The smallest absolute Gasteiger partial charge is 0.279 e. The summed E-state index contributed by atoms with van der Waals surface area (Å²) in [6, 6.07) is 23.2. The Morgan fingerprint density at radius 2 is 1.42 bits per heavy atom. The number of ether oxygens (including phenoxy) is 2. The number of carbonyl (C=O) groups excluding carboxylic acids is 2. The molecule has 1 atom stereocenters. The van der Waals surface area contributed by atoms with Crippen LogP contribution in [0.4, 0.5) is 0 Å². The van der Waals surface area contributed by atoms with Crippen molar-refractivity contribution in [2.24, 2.45) is 0 Å². The zero-order valence-electron chi connectivity index (χ0n) is 17.8. The maximum atomic E-state index is 12.2. The highest BCUT2D eigenvalue weighted by Crippen LogP contribution is 2.22. The van der Waals surface area contributed by atoms with Gasteiger partial charge in [0, 0.05) is 0 Å². The second-order valence-electron chi connectivity index (χ2n) is 7.30. The molecule has 3 aromatic carbocycles. The number of nitrogens with one attached hydrogen (secondary N) is 2. The highest BCUT2D eigenvalue weighted by Gasteiger charge is 2.15. The van der Waals surface area contributed by atoms with E-state index in [1.165, 1.54) is 0 Å². The first-order chi connectivity index (χ1) is 14.9. The molecule has 6 nitrogen and oxygen atoms in total. The second-order valence-corrected chi connectivity index (χ2v) is 7.30. The summed E-state index contributed by atoms with van der Waals surface area (Å²) in [6.07, 6.45) is -0.789. The first-order valence-corrected chi connectivity index (χ1v) is 10.0. The van der Waals surface area contributed by atoms with Crippen molar-refractivity contribution in [3.05, 3.63) is 83.9 Å². The van der Waals surface area contributed by atoms with Gasteiger partial charge in [-0.3, -0.25) is 20.4 Å². The normalized spacial score (nSPS) is 11.3. The molecule has 0 saturated carbocycles. The molecule has 0 aliphatic carbocycles. The lowest BCUT2D eigenvalue weighted by Crippen LogP contribution is -2.48. The highest BCUT2D eigenvalue weighted by molar-refractivity contribution is 5.85.